The van der Waals surface area contributed by atoms with E-state index in [0.717, 1.165) is 17.8 Å². The molecule has 6 rings (SSSR count). The number of likely N-dealkylation sites (tertiary alicyclic amines) is 1. The number of piperidine rings is 1. The highest BCUT2D eigenvalue weighted by atomic mass is 35.5. The average molecular weight is 597 g/mol. The Morgan fingerprint density at radius 3 is 2.51 bits per heavy atom. The molecule has 0 radical (unpaired) electrons. The van der Waals surface area contributed by atoms with E-state index in [1.807, 2.05) is 24.3 Å². The summed E-state index contributed by atoms with van der Waals surface area (Å²) in [6.07, 6.45) is 2.20. The summed E-state index contributed by atoms with van der Waals surface area (Å²) >= 11 is 12.5. The van der Waals surface area contributed by atoms with Crippen molar-refractivity contribution >= 4 is 40.1 Å². The molecule has 2 N–H and O–H groups in total. The van der Waals surface area contributed by atoms with Gasteiger partial charge in [-0.25, -0.2) is 4.98 Å². The van der Waals surface area contributed by atoms with Crippen LogP contribution in [-0.4, -0.2) is 68.0 Å². The Balaban J connectivity index is 1.18. The second-order valence-electron chi connectivity index (χ2n) is 10.8. The van der Waals surface area contributed by atoms with Crippen molar-refractivity contribution < 1.29 is 14.6 Å². The van der Waals surface area contributed by atoms with Crippen LogP contribution >= 0.6 is 23.2 Å². The Morgan fingerprint density at radius 2 is 1.83 bits per heavy atom. The number of ether oxygens (including phenoxy) is 1. The molecular formula is C30H31Cl2N5O4. The van der Waals surface area contributed by atoms with Gasteiger partial charge in [0.1, 0.15) is 11.5 Å². The van der Waals surface area contributed by atoms with Gasteiger partial charge in [0.15, 0.2) is 5.65 Å². The number of aliphatic hydroxyl groups is 1. The van der Waals surface area contributed by atoms with Crippen molar-refractivity contribution in [2.24, 2.45) is 0 Å². The molecule has 2 aromatic heterocycles. The van der Waals surface area contributed by atoms with Crippen molar-refractivity contribution in [3.63, 3.8) is 0 Å². The monoisotopic (exact) mass is 595 g/mol. The number of carbonyl (C=O) groups is 1. The van der Waals surface area contributed by atoms with Crippen LogP contribution in [0.15, 0.2) is 65.7 Å². The van der Waals surface area contributed by atoms with Gasteiger partial charge in [-0.15, -0.1) is 0 Å². The third-order valence-electron chi connectivity index (χ3n) is 8.10. The van der Waals surface area contributed by atoms with Crippen LogP contribution < -0.4 is 10.9 Å². The number of fused-ring (bicyclic) bond motifs is 1. The zero-order valence-corrected chi connectivity index (χ0v) is 24.1. The largest absolute Gasteiger partial charge is 0.388 e. The van der Waals surface area contributed by atoms with Crippen LogP contribution in [0.1, 0.15) is 41.7 Å². The third-order valence-corrected chi connectivity index (χ3v) is 8.63. The molecular weight excluding hydrogens is 565 g/mol. The lowest BCUT2D eigenvalue weighted by atomic mass is 9.91. The number of nitrogens with zero attached hydrogens (tertiary/aromatic N) is 4. The quantitative estimate of drug-likeness (QED) is 0.358. The summed E-state index contributed by atoms with van der Waals surface area (Å²) in [6.45, 7) is 4.38. The summed E-state index contributed by atoms with van der Waals surface area (Å²) in [6, 6.07) is 16.5. The van der Waals surface area contributed by atoms with Crippen LogP contribution in [0.4, 0.5) is 0 Å². The number of hydrogen-bond donors (Lipinski definition) is 2. The molecule has 2 atom stereocenters. The number of aromatic nitrogens is 3. The zero-order valence-electron chi connectivity index (χ0n) is 22.6. The number of nitrogens with one attached hydrogen (secondary N) is 1. The molecule has 11 heteroatoms. The van der Waals surface area contributed by atoms with Gasteiger partial charge >= 0.3 is 0 Å². The van der Waals surface area contributed by atoms with Gasteiger partial charge in [-0.3, -0.25) is 18.7 Å². The fourth-order valence-electron chi connectivity index (χ4n) is 5.76. The summed E-state index contributed by atoms with van der Waals surface area (Å²) in [5.74, 6) is -0.106. The first-order chi connectivity index (χ1) is 19.7. The van der Waals surface area contributed by atoms with Crippen LogP contribution in [-0.2, 0) is 11.3 Å². The van der Waals surface area contributed by atoms with Crippen LogP contribution in [0.5, 0.6) is 0 Å². The van der Waals surface area contributed by atoms with E-state index in [-0.39, 0.29) is 30.2 Å². The number of halogens is 2. The number of amides is 1. The molecule has 4 heterocycles. The van der Waals surface area contributed by atoms with Gasteiger partial charge in [-0.1, -0.05) is 35.3 Å². The van der Waals surface area contributed by atoms with E-state index in [1.165, 1.54) is 10.9 Å². The summed E-state index contributed by atoms with van der Waals surface area (Å²) < 4.78 is 8.95. The molecule has 2 aliphatic heterocycles. The van der Waals surface area contributed by atoms with E-state index in [4.69, 9.17) is 27.9 Å². The molecule has 2 aromatic carbocycles. The SMILES string of the molecule is C[C@@H]1OCCN[C@H]1c1ccc(-n2c(Cl)cc3c(=O)n(CC4(O)CCN(C(=O)c5ccc(Cl)cc5)CC4)cnc32)cc1. The van der Waals surface area contributed by atoms with Crippen molar-refractivity contribution in [2.45, 2.75) is 44.1 Å². The highest BCUT2D eigenvalue weighted by molar-refractivity contribution is 6.31. The van der Waals surface area contributed by atoms with E-state index in [0.29, 0.717) is 59.3 Å². The van der Waals surface area contributed by atoms with Crippen LogP contribution in [0.2, 0.25) is 10.2 Å². The van der Waals surface area contributed by atoms with Crippen LogP contribution in [0.3, 0.4) is 0 Å². The Labute approximate surface area is 247 Å². The first-order valence-corrected chi connectivity index (χ1v) is 14.5. The summed E-state index contributed by atoms with van der Waals surface area (Å²) in [5.41, 5.74) is 1.48. The van der Waals surface area contributed by atoms with Crippen molar-refractivity contribution in [1.82, 2.24) is 24.3 Å². The van der Waals surface area contributed by atoms with Gasteiger partial charge in [0.25, 0.3) is 11.5 Å². The van der Waals surface area contributed by atoms with Gasteiger partial charge in [-0.2, -0.15) is 0 Å². The summed E-state index contributed by atoms with van der Waals surface area (Å²) in [5, 5.41) is 16.1. The molecule has 2 fully saturated rings. The van der Waals surface area contributed by atoms with E-state index >= 15 is 0 Å². The van der Waals surface area contributed by atoms with Crippen LogP contribution in [0.25, 0.3) is 16.7 Å². The van der Waals surface area contributed by atoms with Crippen molar-refractivity contribution in [3.05, 3.63) is 92.6 Å². The van der Waals surface area contributed by atoms with Crippen molar-refractivity contribution in [1.29, 1.82) is 0 Å². The Hall–Kier alpha value is -3.21. The molecule has 0 saturated carbocycles. The topological polar surface area (TPSA) is 102 Å². The van der Waals surface area contributed by atoms with Gasteiger partial charge in [-0.05, 0) is 67.8 Å². The molecule has 0 unspecified atom stereocenters. The molecule has 2 saturated heterocycles. The predicted molar refractivity (Wildman–Crippen MR) is 158 cm³/mol. The van der Waals surface area contributed by atoms with Gasteiger partial charge in [0, 0.05) is 35.9 Å². The molecule has 0 spiro atoms. The second-order valence-corrected chi connectivity index (χ2v) is 11.7. The number of rotatable bonds is 5. The minimum atomic E-state index is -1.15. The average Bonchev–Trinajstić information content (AvgIpc) is 3.32. The maximum Gasteiger partial charge on any atom is 0.262 e. The van der Waals surface area contributed by atoms with E-state index in [1.54, 1.807) is 39.8 Å². The molecule has 1 amide bonds. The van der Waals surface area contributed by atoms with E-state index in [9.17, 15) is 14.7 Å². The lowest BCUT2D eigenvalue weighted by molar-refractivity contribution is -0.0299. The molecule has 4 aromatic rings. The molecule has 214 valence electrons. The first-order valence-electron chi connectivity index (χ1n) is 13.7. The first kappa shape index (κ1) is 27.9. The molecule has 9 nitrogen and oxygen atoms in total. The molecule has 41 heavy (non-hydrogen) atoms. The number of hydrogen-bond acceptors (Lipinski definition) is 6. The van der Waals surface area contributed by atoms with E-state index < -0.39 is 5.60 Å². The summed E-state index contributed by atoms with van der Waals surface area (Å²) in [4.78, 5) is 32.6. The predicted octanol–water partition coefficient (Wildman–Crippen LogP) is 4.21. The van der Waals surface area contributed by atoms with Crippen LogP contribution in [0, 0.1) is 0 Å². The maximum absolute atomic E-state index is 13.5. The lowest BCUT2D eigenvalue weighted by Crippen LogP contribution is -2.49. The smallest absolute Gasteiger partial charge is 0.262 e. The van der Waals surface area contributed by atoms with Crippen molar-refractivity contribution in [3.8, 4) is 5.69 Å². The van der Waals surface area contributed by atoms with Gasteiger partial charge in [0.05, 0.1) is 36.3 Å². The van der Waals surface area contributed by atoms with Gasteiger partial charge < -0.3 is 20.1 Å². The second kappa shape index (κ2) is 11.2. The van der Waals surface area contributed by atoms with E-state index in [2.05, 4.69) is 17.2 Å². The Kier molecular flexibility index (Phi) is 7.65. The zero-order chi connectivity index (χ0) is 28.7. The standard InChI is InChI=1S/C30H31Cl2N5O4/c1-19-26(33-12-15-41-19)20-4-8-23(9-5-20)37-25(32)16-24-27(37)34-18-36(29(24)39)17-30(40)10-13-35(14-11-30)28(38)21-2-6-22(31)7-3-21/h2-9,16,18-19,26,33,40H,10-15,17H2,1H3/t19-,26+/m0/s1. The van der Waals surface area contributed by atoms with Crippen molar-refractivity contribution in [2.75, 3.05) is 26.2 Å². The van der Waals surface area contributed by atoms with Gasteiger partial charge in [0.2, 0.25) is 0 Å². The fourth-order valence-corrected chi connectivity index (χ4v) is 6.17. The minimum absolute atomic E-state index is 0.0664. The normalized spacial score (nSPS) is 20.8. The Morgan fingerprint density at radius 1 is 1.12 bits per heavy atom. The molecule has 0 aliphatic carbocycles. The highest BCUT2D eigenvalue weighted by Gasteiger charge is 2.35. The fraction of sp³-hybridized carbons (Fsp3) is 0.367. The Bertz CT molecular complexity index is 1630. The maximum atomic E-state index is 13.5. The highest BCUT2D eigenvalue weighted by Crippen LogP contribution is 2.29. The number of morpholine rings is 1. The lowest BCUT2D eigenvalue weighted by Gasteiger charge is -2.38. The molecule has 2 aliphatic rings. The molecule has 0 bridgehead atoms. The number of benzene rings is 2. The summed E-state index contributed by atoms with van der Waals surface area (Å²) in [7, 11) is 0. The third kappa shape index (κ3) is 5.52. The minimum Gasteiger partial charge on any atom is -0.388 e. The number of carbonyl (C=O) groups excluding carboxylic acids is 1.